The molecule has 1 aliphatic rings. The van der Waals surface area contributed by atoms with Gasteiger partial charge < -0.3 is 5.32 Å². The third kappa shape index (κ3) is 5.22. The Labute approximate surface area is 209 Å². The Balaban J connectivity index is 1.71. The summed E-state index contributed by atoms with van der Waals surface area (Å²) in [7, 11) is 0. The summed E-state index contributed by atoms with van der Waals surface area (Å²) in [6.07, 6.45) is 0.413. The number of nitrogens with zero attached hydrogens (tertiary/aromatic N) is 2. The molecule has 0 aromatic heterocycles. The molecule has 1 heterocycles. The quantitative estimate of drug-likeness (QED) is 0.323. The van der Waals surface area contributed by atoms with Gasteiger partial charge in [-0.05, 0) is 67.4 Å². The molecule has 4 rings (SSSR count). The van der Waals surface area contributed by atoms with Crippen molar-refractivity contribution in [3.8, 4) is 6.07 Å². The number of rotatable bonds is 5. The van der Waals surface area contributed by atoms with Gasteiger partial charge in [-0.2, -0.15) is 5.26 Å². The molecule has 8 heteroatoms. The lowest BCUT2D eigenvalue weighted by atomic mass is 10.1. The van der Waals surface area contributed by atoms with E-state index in [1.165, 1.54) is 40.9 Å². The first-order valence-electron chi connectivity index (χ1n) is 10.4. The molecule has 1 atom stereocenters. The van der Waals surface area contributed by atoms with Gasteiger partial charge in [0.05, 0.1) is 5.25 Å². The normalized spacial score (nSPS) is 16.8. The SMILES string of the molecule is Cc1ccc(NC(=O)/C(C#N)=C2\S[C@@H](Cc3ccc(Br)cc3)C(=O)N2c2ccc(F)cc2)cc1. The van der Waals surface area contributed by atoms with Crippen LogP contribution in [0.5, 0.6) is 0 Å². The van der Waals surface area contributed by atoms with E-state index in [0.717, 1.165) is 15.6 Å². The summed E-state index contributed by atoms with van der Waals surface area (Å²) in [5.74, 6) is -1.33. The maximum atomic E-state index is 13.5. The highest BCUT2D eigenvalue weighted by Crippen LogP contribution is 2.42. The first-order valence-corrected chi connectivity index (χ1v) is 12.1. The number of halogens is 2. The second-order valence-electron chi connectivity index (χ2n) is 7.70. The first-order chi connectivity index (χ1) is 16.4. The lowest BCUT2D eigenvalue weighted by Crippen LogP contribution is -2.30. The molecule has 1 fully saturated rings. The van der Waals surface area contributed by atoms with Gasteiger partial charge in [-0.15, -0.1) is 0 Å². The average Bonchev–Trinajstić information content (AvgIpc) is 3.13. The smallest absolute Gasteiger partial charge is 0.269 e. The Kier molecular flexibility index (Phi) is 7.15. The van der Waals surface area contributed by atoms with Crippen LogP contribution in [0, 0.1) is 24.1 Å². The molecule has 2 amide bonds. The molecule has 0 radical (unpaired) electrons. The number of anilines is 2. The minimum Gasteiger partial charge on any atom is -0.321 e. The van der Waals surface area contributed by atoms with Crippen molar-refractivity contribution in [2.24, 2.45) is 0 Å². The van der Waals surface area contributed by atoms with Crippen molar-refractivity contribution in [2.75, 3.05) is 10.2 Å². The molecule has 1 saturated heterocycles. The van der Waals surface area contributed by atoms with E-state index < -0.39 is 17.0 Å². The van der Waals surface area contributed by atoms with Gasteiger partial charge in [0.25, 0.3) is 5.91 Å². The van der Waals surface area contributed by atoms with Crippen molar-refractivity contribution in [1.29, 1.82) is 5.26 Å². The molecule has 1 N–H and O–H groups in total. The Morgan fingerprint density at radius 2 is 1.74 bits per heavy atom. The summed E-state index contributed by atoms with van der Waals surface area (Å²) in [5.41, 5.74) is 2.73. The van der Waals surface area contributed by atoms with Crippen LogP contribution in [-0.2, 0) is 16.0 Å². The van der Waals surface area contributed by atoms with E-state index in [4.69, 9.17) is 0 Å². The Morgan fingerprint density at radius 3 is 2.35 bits per heavy atom. The van der Waals surface area contributed by atoms with Crippen LogP contribution >= 0.6 is 27.7 Å². The van der Waals surface area contributed by atoms with Crippen LogP contribution in [0.4, 0.5) is 15.8 Å². The molecule has 0 bridgehead atoms. The fourth-order valence-electron chi connectivity index (χ4n) is 3.48. The van der Waals surface area contributed by atoms with E-state index in [-0.39, 0.29) is 16.5 Å². The summed E-state index contributed by atoms with van der Waals surface area (Å²) in [5, 5.41) is 12.3. The molecule has 0 unspecified atom stereocenters. The Hall–Kier alpha value is -3.41. The second kappa shape index (κ2) is 10.2. The van der Waals surface area contributed by atoms with Crippen molar-refractivity contribution < 1.29 is 14.0 Å². The monoisotopic (exact) mass is 535 g/mol. The number of hydrogen-bond donors (Lipinski definition) is 1. The summed E-state index contributed by atoms with van der Waals surface area (Å²) in [6, 6.07) is 22.2. The van der Waals surface area contributed by atoms with Crippen molar-refractivity contribution >= 4 is 50.9 Å². The average molecular weight is 536 g/mol. The number of amides is 2. The maximum Gasteiger partial charge on any atom is 0.269 e. The number of carbonyl (C=O) groups excluding carboxylic acids is 2. The predicted molar refractivity (Wildman–Crippen MR) is 136 cm³/mol. The van der Waals surface area contributed by atoms with Gasteiger partial charge in [0.15, 0.2) is 0 Å². The van der Waals surface area contributed by atoms with E-state index in [9.17, 15) is 19.2 Å². The molecule has 1 aliphatic heterocycles. The van der Waals surface area contributed by atoms with Crippen molar-refractivity contribution in [3.63, 3.8) is 0 Å². The predicted octanol–water partition coefficient (Wildman–Crippen LogP) is 5.96. The largest absolute Gasteiger partial charge is 0.321 e. The third-order valence-electron chi connectivity index (χ3n) is 5.23. The van der Waals surface area contributed by atoms with Gasteiger partial charge in [-0.25, -0.2) is 4.39 Å². The summed E-state index contributed by atoms with van der Waals surface area (Å²) in [4.78, 5) is 27.8. The number of hydrogen-bond acceptors (Lipinski definition) is 4. The number of nitriles is 1. The number of benzene rings is 3. The molecule has 5 nitrogen and oxygen atoms in total. The molecular formula is C26H19BrFN3O2S. The van der Waals surface area contributed by atoms with Crippen LogP contribution in [-0.4, -0.2) is 17.1 Å². The number of thioether (sulfide) groups is 1. The summed E-state index contributed by atoms with van der Waals surface area (Å²) in [6.45, 7) is 1.93. The van der Waals surface area contributed by atoms with Crippen LogP contribution in [0.25, 0.3) is 0 Å². The number of nitrogens with one attached hydrogen (secondary N) is 1. The van der Waals surface area contributed by atoms with Gasteiger partial charge in [0.2, 0.25) is 5.91 Å². The molecule has 34 heavy (non-hydrogen) atoms. The van der Waals surface area contributed by atoms with Gasteiger partial charge in [-0.1, -0.05) is 57.5 Å². The molecule has 0 spiro atoms. The summed E-state index contributed by atoms with van der Waals surface area (Å²) < 4.78 is 14.5. The minimum absolute atomic E-state index is 0.179. The highest BCUT2D eigenvalue weighted by Gasteiger charge is 2.40. The van der Waals surface area contributed by atoms with E-state index in [0.29, 0.717) is 17.8 Å². The molecule has 0 saturated carbocycles. The van der Waals surface area contributed by atoms with Crippen molar-refractivity contribution in [3.05, 3.63) is 105 Å². The lowest BCUT2D eigenvalue weighted by Gasteiger charge is -2.18. The molecule has 3 aromatic carbocycles. The lowest BCUT2D eigenvalue weighted by molar-refractivity contribution is -0.117. The van der Waals surface area contributed by atoms with Gasteiger partial charge >= 0.3 is 0 Å². The molecule has 170 valence electrons. The van der Waals surface area contributed by atoms with Gasteiger partial charge in [0.1, 0.15) is 22.5 Å². The number of aryl methyl sites for hydroxylation is 1. The molecule has 0 aliphatic carbocycles. The van der Waals surface area contributed by atoms with E-state index in [1.54, 1.807) is 12.1 Å². The first kappa shape index (κ1) is 23.7. The Morgan fingerprint density at radius 1 is 1.09 bits per heavy atom. The second-order valence-corrected chi connectivity index (χ2v) is 9.81. The number of carbonyl (C=O) groups is 2. The molecule has 3 aromatic rings. The van der Waals surface area contributed by atoms with Gasteiger partial charge in [-0.3, -0.25) is 14.5 Å². The van der Waals surface area contributed by atoms with Crippen molar-refractivity contribution in [2.45, 2.75) is 18.6 Å². The fourth-order valence-corrected chi connectivity index (χ4v) is 5.05. The van der Waals surface area contributed by atoms with Crippen LogP contribution < -0.4 is 10.2 Å². The van der Waals surface area contributed by atoms with E-state index >= 15 is 0 Å². The zero-order valence-electron chi connectivity index (χ0n) is 18.1. The van der Waals surface area contributed by atoms with Crippen LogP contribution in [0.1, 0.15) is 11.1 Å². The standard InChI is InChI=1S/C26H19BrFN3O2S/c1-16-2-10-20(11-3-16)30-24(32)22(15-29)26-31(21-12-8-19(28)9-13-21)25(33)23(34-26)14-17-4-6-18(27)7-5-17/h2-13,23H,14H2,1H3,(H,30,32)/b26-22-/t23-/m0/s1. The summed E-state index contributed by atoms with van der Waals surface area (Å²) >= 11 is 4.57. The molecular weight excluding hydrogens is 517 g/mol. The minimum atomic E-state index is -0.613. The van der Waals surface area contributed by atoms with Crippen LogP contribution in [0.3, 0.4) is 0 Å². The highest BCUT2D eigenvalue weighted by molar-refractivity contribution is 9.10. The zero-order valence-corrected chi connectivity index (χ0v) is 20.5. The maximum absolute atomic E-state index is 13.5. The van der Waals surface area contributed by atoms with Gasteiger partial charge in [0, 0.05) is 15.8 Å². The Bertz CT molecular complexity index is 1300. The van der Waals surface area contributed by atoms with Crippen molar-refractivity contribution in [1.82, 2.24) is 0 Å². The van der Waals surface area contributed by atoms with Crippen LogP contribution in [0.2, 0.25) is 0 Å². The van der Waals surface area contributed by atoms with Crippen LogP contribution in [0.15, 0.2) is 87.9 Å². The third-order valence-corrected chi connectivity index (χ3v) is 7.03. The van der Waals surface area contributed by atoms with E-state index in [2.05, 4.69) is 21.2 Å². The zero-order chi connectivity index (χ0) is 24.2. The van der Waals surface area contributed by atoms with E-state index in [1.807, 2.05) is 49.4 Å². The fraction of sp³-hybridized carbons (Fsp3) is 0.115. The topological polar surface area (TPSA) is 73.2 Å². The highest BCUT2D eigenvalue weighted by atomic mass is 79.9.